The molecule has 1 amide bonds. The summed E-state index contributed by atoms with van der Waals surface area (Å²) in [4.78, 5) is 26.8. The first-order valence-corrected chi connectivity index (χ1v) is 9.86. The highest BCUT2D eigenvalue weighted by Crippen LogP contribution is 2.27. The number of halogens is 1. The molecule has 7 heteroatoms. The van der Waals surface area contributed by atoms with Crippen molar-refractivity contribution in [3.63, 3.8) is 0 Å². The molecule has 3 N–H and O–H groups in total. The van der Waals surface area contributed by atoms with E-state index in [0.29, 0.717) is 6.54 Å². The molecule has 1 aliphatic rings. The van der Waals surface area contributed by atoms with Crippen LogP contribution >= 0.6 is 0 Å². The van der Waals surface area contributed by atoms with E-state index in [4.69, 9.17) is 9.90 Å². The Bertz CT molecular complexity index is 1010. The normalized spacial score (nSPS) is 18.0. The molecule has 1 aromatic heterocycles. The number of H-pyrrole nitrogens is 1. The minimum atomic E-state index is -0.833. The Kier molecular flexibility index (Phi) is 6.84. The van der Waals surface area contributed by atoms with Gasteiger partial charge in [0, 0.05) is 36.6 Å². The lowest BCUT2D eigenvalue weighted by atomic mass is 10.1. The van der Waals surface area contributed by atoms with E-state index in [9.17, 15) is 9.18 Å². The van der Waals surface area contributed by atoms with Gasteiger partial charge in [-0.25, -0.2) is 4.39 Å². The molecule has 1 fully saturated rings. The van der Waals surface area contributed by atoms with Crippen LogP contribution in [0.5, 0.6) is 0 Å². The summed E-state index contributed by atoms with van der Waals surface area (Å²) in [5, 5.41) is 11.7. The van der Waals surface area contributed by atoms with Gasteiger partial charge in [0.05, 0.1) is 12.6 Å². The molecule has 0 saturated carbocycles. The van der Waals surface area contributed by atoms with Crippen molar-refractivity contribution in [3.05, 3.63) is 71.7 Å². The average molecular weight is 411 g/mol. The van der Waals surface area contributed by atoms with Crippen molar-refractivity contribution in [2.45, 2.75) is 38.4 Å². The summed E-state index contributed by atoms with van der Waals surface area (Å²) in [5.74, 6) is -0.997. The van der Waals surface area contributed by atoms with Gasteiger partial charge < -0.3 is 15.0 Å². The molecule has 0 aliphatic carbocycles. The van der Waals surface area contributed by atoms with Crippen LogP contribution in [-0.4, -0.2) is 40.0 Å². The van der Waals surface area contributed by atoms with Crippen LogP contribution in [0.1, 0.15) is 37.1 Å². The quantitative estimate of drug-likeness (QED) is 0.609. The molecule has 6 nitrogen and oxygen atoms in total. The summed E-state index contributed by atoms with van der Waals surface area (Å²) in [7, 11) is 1.81. The molecule has 2 atom stereocenters. The SMILES string of the molecule is CC(=O)O.CN(Cc1cc2cc(F)ccc2[nH]1)C(=O)[C@H]1CC[C@H](c2ccccc2)N1. The van der Waals surface area contributed by atoms with Gasteiger partial charge in [-0.1, -0.05) is 30.3 Å². The average Bonchev–Trinajstić information content (AvgIpc) is 3.34. The smallest absolute Gasteiger partial charge is 0.300 e. The van der Waals surface area contributed by atoms with Crippen molar-refractivity contribution in [3.8, 4) is 0 Å². The van der Waals surface area contributed by atoms with Gasteiger partial charge >= 0.3 is 0 Å². The van der Waals surface area contributed by atoms with Gasteiger partial charge in [-0.15, -0.1) is 0 Å². The largest absolute Gasteiger partial charge is 0.481 e. The highest BCUT2D eigenvalue weighted by Gasteiger charge is 2.31. The standard InChI is InChI=1S/C21H22FN3O.C2H4O2/c1-25(13-17-12-15-11-16(22)7-8-19(15)23-17)21(26)20-10-9-18(24-20)14-5-3-2-4-6-14;1-2(3)4/h2-8,11-12,18,20,23-24H,9-10,13H2,1H3;1H3,(H,3,4)/t18-,20-;/m1./s1. The number of rotatable bonds is 4. The number of aliphatic carboxylic acids is 1. The molecule has 1 aliphatic heterocycles. The van der Waals surface area contributed by atoms with Gasteiger partial charge in [0.15, 0.2) is 0 Å². The van der Waals surface area contributed by atoms with Gasteiger partial charge in [0.2, 0.25) is 5.91 Å². The Morgan fingerprint density at radius 2 is 1.83 bits per heavy atom. The molecule has 1 saturated heterocycles. The number of carboxylic acids is 1. The molecule has 158 valence electrons. The lowest BCUT2D eigenvalue weighted by molar-refractivity contribution is -0.134. The summed E-state index contributed by atoms with van der Waals surface area (Å²) in [5.41, 5.74) is 3.01. The zero-order valence-electron chi connectivity index (χ0n) is 17.1. The summed E-state index contributed by atoms with van der Waals surface area (Å²) < 4.78 is 13.3. The number of benzene rings is 2. The zero-order chi connectivity index (χ0) is 21.7. The van der Waals surface area contributed by atoms with E-state index in [1.54, 1.807) is 11.0 Å². The summed E-state index contributed by atoms with van der Waals surface area (Å²) in [6, 6.07) is 16.9. The number of hydrogen-bond donors (Lipinski definition) is 3. The summed E-state index contributed by atoms with van der Waals surface area (Å²) in [6.45, 7) is 1.56. The third-order valence-corrected chi connectivity index (χ3v) is 5.07. The minimum Gasteiger partial charge on any atom is -0.481 e. The molecule has 2 heterocycles. The lowest BCUT2D eigenvalue weighted by Gasteiger charge is -2.21. The topological polar surface area (TPSA) is 85.4 Å². The first kappa shape index (κ1) is 21.5. The van der Waals surface area contributed by atoms with Gasteiger partial charge in [0.25, 0.3) is 5.97 Å². The fourth-order valence-corrected chi connectivity index (χ4v) is 3.73. The van der Waals surface area contributed by atoms with Gasteiger partial charge in [-0.05, 0) is 42.7 Å². The van der Waals surface area contributed by atoms with Gasteiger partial charge in [0.1, 0.15) is 5.82 Å². The van der Waals surface area contributed by atoms with Crippen molar-refractivity contribution >= 4 is 22.8 Å². The van der Waals surface area contributed by atoms with Crippen molar-refractivity contribution in [1.82, 2.24) is 15.2 Å². The second-order valence-corrected chi connectivity index (χ2v) is 7.50. The van der Waals surface area contributed by atoms with Crippen LogP contribution < -0.4 is 5.32 Å². The van der Waals surface area contributed by atoms with Crippen molar-refractivity contribution < 1.29 is 19.1 Å². The Morgan fingerprint density at radius 1 is 1.13 bits per heavy atom. The number of amides is 1. The third-order valence-electron chi connectivity index (χ3n) is 5.07. The second-order valence-electron chi connectivity index (χ2n) is 7.50. The number of nitrogens with zero attached hydrogens (tertiary/aromatic N) is 1. The molecule has 3 aromatic rings. The first-order valence-electron chi connectivity index (χ1n) is 9.86. The van der Waals surface area contributed by atoms with Crippen LogP contribution in [0.3, 0.4) is 0 Å². The summed E-state index contributed by atoms with van der Waals surface area (Å²) in [6.07, 6.45) is 1.79. The van der Waals surface area contributed by atoms with Gasteiger partial charge in [-0.2, -0.15) is 0 Å². The third kappa shape index (κ3) is 5.45. The molecule has 0 unspecified atom stereocenters. The number of aromatic amines is 1. The minimum absolute atomic E-state index is 0.0910. The molecule has 2 aromatic carbocycles. The highest BCUT2D eigenvalue weighted by atomic mass is 19.1. The van der Waals surface area contributed by atoms with Crippen LogP contribution in [0.15, 0.2) is 54.6 Å². The van der Waals surface area contributed by atoms with E-state index in [2.05, 4.69) is 22.4 Å². The number of nitrogens with one attached hydrogen (secondary N) is 2. The van der Waals surface area contributed by atoms with Crippen LogP contribution in [0.4, 0.5) is 4.39 Å². The maximum absolute atomic E-state index is 13.3. The molecular formula is C23H26FN3O3. The second kappa shape index (κ2) is 9.54. The number of carbonyl (C=O) groups is 2. The monoisotopic (exact) mass is 411 g/mol. The number of fused-ring (bicyclic) bond motifs is 1. The molecular weight excluding hydrogens is 385 g/mol. The molecule has 0 spiro atoms. The van der Waals surface area contributed by atoms with E-state index < -0.39 is 5.97 Å². The predicted octanol–water partition coefficient (Wildman–Crippen LogP) is 3.85. The van der Waals surface area contributed by atoms with Crippen molar-refractivity contribution in [1.29, 1.82) is 0 Å². The number of likely N-dealkylation sites (N-methyl/N-ethyl adjacent to an activating group) is 1. The zero-order valence-corrected chi connectivity index (χ0v) is 17.1. The van der Waals surface area contributed by atoms with E-state index in [1.807, 2.05) is 31.3 Å². The van der Waals surface area contributed by atoms with Crippen LogP contribution in [0.25, 0.3) is 10.9 Å². The Balaban J connectivity index is 0.000000589. The highest BCUT2D eigenvalue weighted by molar-refractivity contribution is 5.83. The Labute approximate surface area is 174 Å². The molecule has 0 radical (unpaired) electrons. The molecule has 30 heavy (non-hydrogen) atoms. The number of carbonyl (C=O) groups excluding carboxylic acids is 1. The van der Waals surface area contributed by atoms with E-state index in [1.165, 1.54) is 17.7 Å². The first-order chi connectivity index (χ1) is 14.3. The number of aromatic nitrogens is 1. The Morgan fingerprint density at radius 3 is 2.53 bits per heavy atom. The number of carboxylic acid groups (broad SMARTS) is 1. The maximum atomic E-state index is 13.3. The number of hydrogen-bond acceptors (Lipinski definition) is 3. The fraction of sp³-hybridized carbons (Fsp3) is 0.304. The van der Waals surface area contributed by atoms with Crippen LogP contribution in [-0.2, 0) is 16.1 Å². The Hall–Kier alpha value is -3.19. The predicted molar refractivity (Wildman–Crippen MR) is 113 cm³/mol. The molecule has 4 rings (SSSR count). The molecule has 0 bridgehead atoms. The maximum Gasteiger partial charge on any atom is 0.300 e. The fourth-order valence-electron chi connectivity index (χ4n) is 3.73. The van der Waals surface area contributed by atoms with Crippen molar-refractivity contribution in [2.75, 3.05) is 7.05 Å². The lowest BCUT2D eigenvalue weighted by Crippen LogP contribution is -2.41. The van der Waals surface area contributed by atoms with E-state index >= 15 is 0 Å². The van der Waals surface area contributed by atoms with Crippen LogP contribution in [0.2, 0.25) is 0 Å². The van der Waals surface area contributed by atoms with Gasteiger partial charge in [-0.3, -0.25) is 14.9 Å². The van der Waals surface area contributed by atoms with Crippen molar-refractivity contribution in [2.24, 2.45) is 0 Å². The summed E-state index contributed by atoms with van der Waals surface area (Å²) >= 11 is 0. The van der Waals surface area contributed by atoms with E-state index in [0.717, 1.165) is 36.4 Å². The van der Waals surface area contributed by atoms with Crippen LogP contribution in [0, 0.1) is 5.82 Å². The van der Waals surface area contributed by atoms with E-state index in [-0.39, 0.29) is 23.8 Å².